The molecule has 6 heteroatoms. The average Bonchev–Trinajstić information content (AvgIpc) is 2.04. The number of carboxylic acids is 1. The van der Waals surface area contributed by atoms with Gasteiger partial charge in [-0.05, 0) is 20.1 Å². The Morgan fingerprint density at radius 1 is 1.38 bits per heavy atom. The van der Waals surface area contributed by atoms with Gasteiger partial charge >= 0.3 is 5.97 Å². The highest BCUT2D eigenvalue weighted by molar-refractivity contribution is 8.76. The molecule has 0 aliphatic heterocycles. The summed E-state index contributed by atoms with van der Waals surface area (Å²) in [6.45, 7) is 3.18. The third kappa shape index (κ3) is 5.05. The first-order chi connectivity index (χ1) is 5.99. The van der Waals surface area contributed by atoms with Crippen LogP contribution < -0.4 is 5.32 Å². The second-order valence-corrected chi connectivity index (χ2v) is 5.28. The van der Waals surface area contributed by atoms with Gasteiger partial charge in [0.1, 0.15) is 6.04 Å². The van der Waals surface area contributed by atoms with Gasteiger partial charge in [0.05, 0.1) is 5.25 Å². The summed E-state index contributed by atoms with van der Waals surface area (Å²) in [6.07, 6.45) is 1.87. The van der Waals surface area contributed by atoms with E-state index in [4.69, 9.17) is 5.11 Å². The Hall–Kier alpha value is -0.360. The smallest absolute Gasteiger partial charge is 0.325 e. The molecule has 0 aliphatic rings. The normalized spacial score (nSPS) is 14.7. The van der Waals surface area contributed by atoms with Crippen molar-refractivity contribution >= 4 is 33.5 Å². The molecular formula is C7H13NO3S2. The van der Waals surface area contributed by atoms with Gasteiger partial charge in [-0.3, -0.25) is 9.59 Å². The van der Waals surface area contributed by atoms with Crippen LogP contribution in [0.4, 0.5) is 0 Å². The van der Waals surface area contributed by atoms with E-state index in [1.54, 1.807) is 6.92 Å². The predicted molar refractivity (Wildman–Crippen MR) is 55.8 cm³/mol. The Kier molecular flexibility index (Phi) is 5.98. The maximum atomic E-state index is 11.2. The molecule has 4 nitrogen and oxygen atoms in total. The summed E-state index contributed by atoms with van der Waals surface area (Å²) in [5.74, 6) is -1.26. The van der Waals surface area contributed by atoms with E-state index in [-0.39, 0.29) is 11.2 Å². The van der Waals surface area contributed by atoms with Crippen LogP contribution in [0.1, 0.15) is 13.8 Å². The van der Waals surface area contributed by atoms with E-state index >= 15 is 0 Å². The molecule has 0 bridgehead atoms. The summed E-state index contributed by atoms with van der Waals surface area (Å²) in [7, 11) is 2.89. The minimum atomic E-state index is -1.02. The lowest BCUT2D eigenvalue weighted by Gasteiger charge is -2.12. The molecule has 0 aromatic rings. The number of nitrogens with one attached hydrogen (secondary N) is 1. The SMILES string of the molecule is CSSC(C)C(=O)N[C@@H](C)C(=O)O. The molecule has 1 unspecified atom stereocenters. The zero-order valence-corrected chi connectivity index (χ0v) is 9.37. The number of rotatable bonds is 5. The van der Waals surface area contributed by atoms with Crippen LogP contribution in [-0.4, -0.2) is 34.5 Å². The van der Waals surface area contributed by atoms with Crippen LogP contribution in [0.15, 0.2) is 0 Å². The topological polar surface area (TPSA) is 66.4 Å². The van der Waals surface area contributed by atoms with Gasteiger partial charge in [-0.1, -0.05) is 21.6 Å². The van der Waals surface area contributed by atoms with Gasteiger partial charge in [0.15, 0.2) is 0 Å². The second-order valence-electron chi connectivity index (χ2n) is 2.47. The molecule has 0 radical (unpaired) electrons. The van der Waals surface area contributed by atoms with Crippen LogP contribution in [-0.2, 0) is 9.59 Å². The Balaban J connectivity index is 3.92. The molecular weight excluding hydrogens is 210 g/mol. The third-order valence-electron chi connectivity index (χ3n) is 1.34. The van der Waals surface area contributed by atoms with Gasteiger partial charge in [-0.25, -0.2) is 0 Å². The maximum Gasteiger partial charge on any atom is 0.325 e. The number of carbonyl (C=O) groups excluding carboxylic acids is 1. The number of amides is 1. The van der Waals surface area contributed by atoms with Crippen molar-refractivity contribution in [1.29, 1.82) is 0 Å². The van der Waals surface area contributed by atoms with Crippen molar-refractivity contribution in [2.24, 2.45) is 0 Å². The quantitative estimate of drug-likeness (QED) is 0.680. The lowest BCUT2D eigenvalue weighted by atomic mass is 10.3. The number of hydrogen-bond acceptors (Lipinski definition) is 4. The number of aliphatic carboxylic acids is 1. The Morgan fingerprint density at radius 2 is 1.92 bits per heavy atom. The van der Waals surface area contributed by atoms with Crippen LogP contribution in [0.2, 0.25) is 0 Å². The fourth-order valence-electron chi connectivity index (χ4n) is 0.581. The number of hydrogen-bond donors (Lipinski definition) is 2. The molecule has 0 saturated carbocycles. The lowest BCUT2D eigenvalue weighted by Crippen LogP contribution is -2.41. The molecule has 0 saturated heterocycles. The van der Waals surface area contributed by atoms with E-state index in [0.29, 0.717) is 0 Å². The van der Waals surface area contributed by atoms with E-state index in [0.717, 1.165) is 0 Å². The van der Waals surface area contributed by atoms with Crippen LogP contribution >= 0.6 is 21.6 Å². The molecule has 0 aliphatic carbocycles. The first kappa shape index (κ1) is 12.6. The summed E-state index contributed by atoms with van der Waals surface area (Å²) >= 11 is 0. The van der Waals surface area contributed by atoms with Crippen LogP contribution in [0.25, 0.3) is 0 Å². The van der Waals surface area contributed by atoms with E-state index < -0.39 is 12.0 Å². The predicted octanol–water partition coefficient (Wildman–Crippen LogP) is 0.975. The molecule has 0 spiro atoms. The van der Waals surface area contributed by atoms with Crippen molar-refractivity contribution in [2.45, 2.75) is 25.1 Å². The highest BCUT2D eigenvalue weighted by Gasteiger charge is 2.18. The van der Waals surface area contributed by atoms with Crippen molar-refractivity contribution in [1.82, 2.24) is 5.32 Å². The van der Waals surface area contributed by atoms with Crippen molar-refractivity contribution in [3.63, 3.8) is 0 Å². The van der Waals surface area contributed by atoms with Crippen LogP contribution in [0.5, 0.6) is 0 Å². The second kappa shape index (κ2) is 6.15. The summed E-state index contributed by atoms with van der Waals surface area (Å²) < 4.78 is 0. The molecule has 2 N–H and O–H groups in total. The van der Waals surface area contributed by atoms with Crippen molar-refractivity contribution in [2.75, 3.05) is 6.26 Å². The summed E-state index contributed by atoms with van der Waals surface area (Å²) in [6, 6.07) is -0.822. The fraction of sp³-hybridized carbons (Fsp3) is 0.714. The van der Waals surface area contributed by atoms with Gasteiger partial charge in [0.2, 0.25) is 5.91 Å². The van der Waals surface area contributed by atoms with Gasteiger partial charge in [-0.2, -0.15) is 0 Å². The largest absolute Gasteiger partial charge is 0.480 e. The molecule has 0 aromatic carbocycles. The van der Waals surface area contributed by atoms with Crippen LogP contribution in [0, 0.1) is 0 Å². The molecule has 0 heterocycles. The van der Waals surface area contributed by atoms with E-state index in [1.165, 1.54) is 28.5 Å². The van der Waals surface area contributed by atoms with E-state index in [2.05, 4.69) is 5.32 Å². The van der Waals surface area contributed by atoms with Gasteiger partial charge in [-0.15, -0.1) is 0 Å². The van der Waals surface area contributed by atoms with Crippen molar-refractivity contribution in [3.8, 4) is 0 Å². The molecule has 0 rings (SSSR count). The molecule has 1 amide bonds. The molecule has 13 heavy (non-hydrogen) atoms. The average molecular weight is 223 g/mol. The maximum absolute atomic E-state index is 11.2. The first-order valence-corrected chi connectivity index (χ1v) is 6.33. The van der Waals surface area contributed by atoms with Gasteiger partial charge in [0.25, 0.3) is 0 Å². The summed E-state index contributed by atoms with van der Waals surface area (Å²) in [5, 5.41) is 10.7. The minimum absolute atomic E-state index is 0.225. The standard InChI is InChI=1S/C7H13NO3S2/c1-4(7(10)11)8-6(9)5(2)13-12-3/h4-5H,1-3H3,(H,8,9)(H,10,11)/t4-,5?/m0/s1. The monoisotopic (exact) mass is 223 g/mol. The lowest BCUT2D eigenvalue weighted by molar-refractivity contribution is -0.141. The fourth-order valence-corrected chi connectivity index (χ4v) is 2.15. The first-order valence-electron chi connectivity index (χ1n) is 3.71. The van der Waals surface area contributed by atoms with Crippen LogP contribution in [0.3, 0.4) is 0 Å². The Morgan fingerprint density at radius 3 is 2.31 bits per heavy atom. The van der Waals surface area contributed by atoms with Crippen molar-refractivity contribution in [3.05, 3.63) is 0 Å². The Bertz CT molecular complexity index is 198. The Labute approximate surface area is 85.2 Å². The van der Waals surface area contributed by atoms with Gasteiger partial charge in [0, 0.05) is 0 Å². The molecule has 76 valence electrons. The zero-order chi connectivity index (χ0) is 10.4. The highest BCUT2D eigenvalue weighted by atomic mass is 33.1. The van der Waals surface area contributed by atoms with Gasteiger partial charge < -0.3 is 10.4 Å². The number of carbonyl (C=O) groups is 2. The minimum Gasteiger partial charge on any atom is -0.480 e. The molecule has 2 atom stereocenters. The summed E-state index contributed by atoms with van der Waals surface area (Å²) in [5.41, 5.74) is 0. The molecule has 0 aromatic heterocycles. The highest BCUT2D eigenvalue weighted by Crippen LogP contribution is 2.23. The van der Waals surface area contributed by atoms with E-state index in [1.807, 2.05) is 6.26 Å². The van der Waals surface area contributed by atoms with E-state index in [9.17, 15) is 9.59 Å². The zero-order valence-electron chi connectivity index (χ0n) is 7.73. The summed E-state index contributed by atoms with van der Waals surface area (Å²) in [4.78, 5) is 21.6. The third-order valence-corrected chi connectivity index (χ3v) is 3.48. The molecule has 0 fully saturated rings. The number of carboxylic acid groups (broad SMARTS) is 1. The van der Waals surface area contributed by atoms with Crippen molar-refractivity contribution < 1.29 is 14.7 Å².